The number of fused-ring (bicyclic) bond motifs is 1. The minimum atomic E-state index is -0.441. The number of allylic oxidation sites excluding steroid dienone is 2. The number of aromatic nitrogens is 1. The Bertz CT molecular complexity index is 941. The average Bonchev–Trinajstić information content (AvgIpc) is 3.07. The normalized spacial score (nSPS) is 18.3. The number of nitrogens with one attached hydrogen (secondary N) is 3. The number of dihydropyridines is 1. The van der Waals surface area contributed by atoms with E-state index >= 15 is 0 Å². The van der Waals surface area contributed by atoms with Gasteiger partial charge in [0.05, 0.1) is 30.0 Å². The lowest BCUT2D eigenvalue weighted by Crippen LogP contribution is -2.27. The van der Waals surface area contributed by atoms with Crippen LogP contribution in [0.1, 0.15) is 28.2 Å². The van der Waals surface area contributed by atoms with Crippen LogP contribution in [0.4, 0.5) is 11.4 Å². The summed E-state index contributed by atoms with van der Waals surface area (Å²) in [4.78, 5) is 28.3. The Kier molecular flexibility index (Phi) is 4.54. The molecule has 4 rings (SSSR count). The van der Waals surface area contributed by atoms with E-state index in [0.717, 1.165) is 34.9 Å². The van der Waals surface area contributed by atoms with Crippen LogP contribution < -0.4 is 10.6 Å². The maximum absolute atomic E-state index is 12.9. The number of H-pyrrole nitrogens is 1. The third kappa shape index (κ3) is 3.26. The largest absolute Gasteiger partial charge is 0.469 e. The highest BCUT2D eigenvalue weighted by atomic mass is 16.5. The molecule has 6 nitrogen and oxygen atoms in total. The zero-order valence-corrected chi connectivity index (χ0v) is 15.0. The molecule has 0 bridgehead atoms. The summed E-state index contributed by atoms with van der Waals surface area (Å²) < 4.78 is 4.85. The van der Waals surface area contributed by atoms with Crippen molar-refractivity contribution in [2.45, 2.75) is 12.8 Å². The molecule has 0 spiro atoms. The Morgan fingerprint density at radius 1 is 1.22 bits per heavy atom. The fourth-order valence-corrected chi connectivity index (χ4v) is 3.64. The number of hydrogen-bond donors (Lipinski definition) is 3. The van der Waals surface area contributed by atoms with Gasteiger partial charge in [-0.3, -0.25) is 9.59 Å². The van der Waals surface area contributed by atoms with Crippen molar-refractivity contribution in [1.82, 2.24) is 10.3 Å². The van der Waals surface area contributed by atoms with Gasteiger partial charge >= 0.3 is 5.97 Å². The van der Waals surface area contributed by atoms with Crippen LogP contribution in [0.5, 0.6) is 0 Å². The molecular weight excluding hydrogens is 342 g/mol. The van der Waals surface area contributed by atoms with Gasteiger partial charge in [0.25, 0.3) is 0 Å². The van der Waals surface area contributed by atoms with Crippen LogP contribution in [0, 0.1) is 5.92 Å². The number of hydrogen-bond acceptors (Lipinski definition) is 5. The van der Waals surface area contributed by atoms with Crippen molar-refractivity contribution in [3.63, 3.8) is 0 Å². The van der Waals surface area contributed by atoms with Crippen LogP contribution in [0.2, 0.25) is 0 Å². The highest BCUT2D eigenvalue weighted by Crippen LogP contribution is 2.38. The molecule has 0 saturated heterocycles. The van der Waals surface area contributed by atoms with Crippen LogP contribution in [-0.4, -0.2) is 30.4 Å². The van der Waals surface area contributed by atoms with E-state index in [1.54, 1.807) is 0 Å². The van der Waals surface area contributed by atoms with Crippen molar-refractivity contribution in [3.8, 4) is 0 Å². The Morgan fingerprint density at radius 3 is 2.74 bits per heavy atom. The summed E-state index contributed by atoms with van der Waals surface area (Å²) in [5.41, 5.74) is 4.96. The number of anilines is 2. The van der Waals surface area contributed by atoms with Crippen molar-refractivity contribution in [1.29, 1.82) is 0 Å². The molecular formula is C21H21N3O3. The number of carbonyl (C=O) groups excluding carboxylic acids is 2. The quantitative estimate of drug-likeness (QED) is 0.727. The number of rotatable bonds is 4. The maximum Gasteiger partial charge on any atom is 0.309 e. The smallest absolute Gasteiger partial charge is 0.309 e. The lowest BCUT2D eigenvalue weighted by atomic mass is 9.86. The molecule has 0 fully saturated rings. The Hall–Kier alpha value is -3.28. The van der Waals surface area contributed by atoms with E-state index in [4.69, 9.17) is 4.74 Å². The van der Waals surface area contributed by atoms with E-state index in [1.165, 1.54) is 7.11 Å². The van der Waals surface area contributed by atoms with E-state index < -0.39 is 5.92 Å². The van der Waals surface area contributed by atoms with E-state index in [9.17, 15) is 9.59 Å². The number of Topliss-reactive ketones (excluding diaryl/α,β-unsaturated/α-hetero) is 1. The monoisotopic (exact) mass is 363 g/mol. The number of methoxy groups -OCH3 is 1. The van der Waals surface area contributed by atoms with Crippen LogP contribution in [0.25, 0.3) is 5.57 Å². The van der Waals surface area contributed by atoms with Crippen molar-refractivity contribution in [2.24, 2.45) is 5.92 Å². The van der Waals surface area contributed by atoms with E-state index in [2.05, 4.69) is 21.7 Å². The second-order valence-electron chi connectivity index (χ2n) is 6.67. The lowest BCUT2D eigenvalue weighted by Gasteiger charge is -2.20. The van der Waals surface area contributed by atoms with Gasteiger partial charge in [-0.15, -0.1) is 0 Å². The van der Waals surface area contributed by atoms with Gasteiger partial charge in [0, 0.05) is 30.8 Å². The van der Waals surface area contributed by atoms with Gasteiger partial charge in [0.2, 0.25) is 0 Å². The molecule has 138 valence electrons. The number of carbonyl (C=O) groups is 2. The molecule has 0 amide bonds. The van der Waals surface area contributed by atoms with Gasteiger partial charge in [-0.2, -0.15) is 0 Å². The molecule has 1 aromatic carbocycles. The van der Waals surface area contributed by atoms with E-state index in [-0.39, 0.29) is 18.2 Å². The summed E-state index contributed by atoms with van der Waals surface area (Å²) in [6.07, 6.45) is 6.55. The Morgan fingerprint density at radius 2 is 2.04 bits per heavy atom. The molecule has 2 aromatic rings. The average molecular weight is 363 g/mol. The standard InChI is InChI=1S/C21H21N3O3/c1-27-21(26)14-11-16-18(17(25)12-14)20(23-15-5-3-2-4-6-15)19(24-16)13-7-9-22-10-8-13/h2-9,14,22-24H,10-12H2,1H3. The van der Waals surface area contributed by atoms with Crippen LogP contribution >= 0.6 is 0 Å². The Labute approximate surface area is 157 Å². The summed E-state index contributed by atoms with van der Waals surface area (Å²) >= 11 is 0. The second kappa shape index (κ2) is 7.15. The third-order valence-corrected chi connectivity index (χ3v) is 4.93. The number of ketones is 1. The minimum Gasteiger partial charge on any atom is -0.469 e. The molecule has 3 N–H and O–H groups in total. The topological polar surface area (TPSA) is 83.2 Å². The molecule has 2 heterocycles. The lowest BCUT2D eigenvalue weighted by molar-refractivity contribution is -0.145. The highest BCUT2D eigenvalue weighted by molar-refractivity contribution is 6.08. The first kappa shape index (κ1) is 17.1. The van der Waals surface area contributed by atoms with Gasteiger partial charge in [0.15, 0.2) is 5.78 Å². The van der Waals surface area contributed by atoms with Crippen molar-refractivity contribution in [3.05, 3.63) is 65.6 Å². The van der Waals surface area contributed by atoms with Crippen molar-refractivity contribution >= 4 is 28.7 Å². The Balaban J connectivity index is 1.79. The van der Waals surface area contributed by atoms with Crippen LogP contribution in [0.3, 0.4) is 0 Å². The van der Waals surface area contributed by atoms with Crippen molar-refractivity contribution < 1.29 is 14.3 Å². The SMILES string of the molecule is COC(=O)C1CC(=O)c2c([nH]c(C3=CCNC=C3)c2Nc2ccccc2)C1. The summed E-state index contributed by atoms with van der Waals surface area (Å²) in [6, 6.07) is 9.75. The van der Waals surface area contributed by atoms with Gasteiger partial charge in [0.1, 0.15) is 0 Å². The predicted octanol–water partition coefficient (Wildman–Crippen LogP) is 3.18. The number of esters is 1. The van der Waals surface area contributed by atoms with E-state index in [1.807, 2.05) is 42.6 Å². The van der Waals surface area contributed by atoms with Crippen LogP contribution in [0.15, 0.2) is 48.7 Å². The molecule has 1 unspecified atom stereocenters. The summed E-state index contributed by atoms with van der Waals surface area (Å²) in [6.45, 7) is 0.721. The third-order valence-electron chi connectivity index (χ3n) is 4.93. The number of ether oxygens (including phenoxy) is 1. The predicted molar refractivity (Wildman–Crippen MR) is 104 cm³/mol. The summed E-state index contributed by atoms with van der Waals surface area (Å²) in [5.74, 6) is -0.835. The van der Waals surface area contributed by atoms with Gasteiger partial charge in [-0.1, -0.05) is 24.3 Å². The molecule has 0 radical (unpaired) electrons. The zero-order chi connectivity index (χ0) is 18.8. The first-order valence-corrected chi connectivity index (χ1v) is 8.95. The first-order valence-electron chi connectivity index (χ1n) is 8.95. The van der Waals surface area contributed by atoms with E-state index in [0.29, 0.717) is 12.0 Å². The molecule has 1 atom stereocenters. The maximum atomic E-state index is 12.9. The fourth-order valence-electron chi connectivity index (χ4n) is 3.64. The molecule has 1 aliphatic heterocycles. The fraction of sp³-hybridized carbons (Fsp3) is 0.238. The molecule has 1 aromatic heterocycles. The molecule has 0 saturated carbocycles. The van der Waals surface area contributed by atoms with Crippen LogP contribution in [-0.2, 0) is 16.0 Å². The zero-order valence-electron chi connectivity index (χ0n) is 15.0. The highest BCUT2D eigenvalue weighted by Gasteiger charge is 2.35. The minimum absolute atomic E-state index is 0.0499. The molecule has 27 heavy (non-hydrogen) atoms. The van der Waals surface area contributed by atoms with Gasteiger partial charge in [-0.25, -0.2) is 0 Å². The summed E-state index contributed by atoms with van der Waals surface area (Å²) in [7, 11) is 1.36. The number of benzene rings is 1. The molecule has 6 heteroatoms. The van der Waals surface area contributed by atoms with Gasteiger partial charge < -0.3 is 20.4 Å². The molecule has 1 aliphatic carbocycles. The molecule has 2 aliphatic rings. The number of aromatic amines is 1. The van der Waals surface area contributed by atoms with Gasteiger partial charge in [-0.05, 0) is 30.0 Å². The second-order valence-corrected chi connectivity index (χ2v) is 6.67. The first-order chi connectivity index (χ1) is 13.2. The number of para-hydroxylation sites is 1. The summed E-state index contributed by atoms with van der Waals surface area (Å²) in [5, 5.41) is 6.54. The van der Waals surface area contributed by atoms with Crippen molar-refractivity contribution in [2.75, 3.05) is 19.0 Å².